The van der Waals surface area contributed by atoms with Gasteiger partial charge in [-0.2, -0.15) is 0 Å². The van der Waals surface area contributed by atoms with Crippen molar-refractivity contribution < 1.29 is 9.90 Å². The van der Waals surface area contributed by atoms with E-state index in [1.54, 1.807) is 4.90 Å². The Morgan fingerprint density at radius 1 is 1.43 bits per heavy atom. The summed E-state index contributed by atoms with van der Waals surface area (Å²) in [5.41, 5.74) is 0. The molecular formula is C10H18N2O2. The van der Waals surface area contributed by atoms with Gasteiger partial charge in [-0.05, 0) is 12.8 Å². The van der Waals surface area contributed by atoms with Gasteiger partial charge in [-0.1, -0.05) is 12.8 Å². The normalized spacial score (nSPS) is 27.9. The number of amides is 1. The molecule has 0 aliphatic heterocycles. The van der Waals surface area contributed by atoms with Gasteiger partial charge in [-0.15, -0.1) is 0 Å². The molecule has 0 aromatic heterocycles. The standard InChI is InChI=1S/C10H18N2O2/c1-12(2)7-11-10(14)8-5-3-4-6-9(8)13/h7-9,13H,3-6H2,1-2H3. The zero-order valence-corrected chi connectivity index (χ0v) is 8.81. The number of carbonyl (C=O) groups excluding carboxylic acids is 1. The highest BCUT2D eigenvalue weighted by Crippen LogP contribution is 2.25. The number of carbonyl (C=O) groups is 1. The lowest BCUT2D eigenvalue weighted by Gasteiger charge is -2.24. The van der Waals surface area contributed by atoms with E-state index in [1.807, 2.05) is 14.1 Å². The molecule has 0 heterocycles. The average molecular weight is 198 g/mol. The van der Waals surface area contributed by atoms with Crippen LogP contribution in [0.25, 0.3) is 0 Å². The molecule has 14 heavy (non-hydrogen) atoms. The maximum absolute atomic E-state index is 11.5. The maximum Gasteiger partial charge on any atom is 0.252 e. The van der Waals surface area contributed by atoms with E-state index in [2.05, 4.69) is 4.99 Å². The predicted molar refractivity (Wildman–Crippen MR) is 55.2 cm³/mol. The van der Waals surface area contributed by atoms with Crippen molar-refractivity contribution in [2.45, 2.75) is 31.8 Å². The lowest BCUT2D eigenvalue weighted by Crippen LogP contribution is -2.30. The van der Waals surface area contributed by atoms with Gasteiger partial charge in [0.05, 0.1) is 18.4 Å². The van der Waals surface area contributed by atoms with E-state index in [-0.39, 0.29) is 11.8 Å². The molecule has 0 radical (unpaired) electrons. The van der Waals surface area contributed by atoms with Crippen molar-refractivity contribution in [2.75, 3.05) is 14.1 Å². The van der Waals surface area contributed by atoms with Crippen LogP contribution in [0.1, 0.15) is 25.7 Å². The highest BCUT2D eigenvalue weighted by atomic mass is 16.3. The van der Waals surface area contributed by atoms with Gasteiger partial charge >= 0.3 is 0 Å². The van der Waals surface area contributed by atoms with Gasteiger partial charge in [0.25, 0.3) is 5.91 Å². The van der Waals surface area contributed by atoms with E-state index in [1.165, 1.54) is 6.34 Å². The molecule has 0 aromatic rings. The summed E-state index contributed by atoms with van der Waals surface area (Å²) in [6.07, 6.45) is 4.53. The van der Waals surface area contributed by atoms with E-state index < -0.39 is 6.10 Å². The van der Waals surface area contributed by atoms with Crippen LogP contribution in [0, 0.1) is 5.92 Å². The highest BCUT2D eigenvalue weighted by Gasteiger charge is 2.28. The monoisotopic (exact) mass is 198 g/mol. The predicted octanol–water partition coefficient (Wildman–Crippen LogP) is 0.654. The van der Waals surface area contributed by atoms with E-state index in [0.29, 0.717) is 0 Å². The zero-order valence-electron chi connectivity index (χ0n) is 8.81. The minimum atomic E-state index is -0.490. The van der Waals surface area contributed by atoms with Crippen molar-refractivity contribution in [3.63, 3.8) is 0 Å². The second-order valence-electron chi connectivity index (χ2n) is 4.00. The fourth-order valence-electron chi connectivity index (χ4n) is 1.67. The minimum Gasteiger partial charge on any atom is -0.392 e. The number of aliphatic hydroxyl groups is 1. The summed E-state index contributed by atoms with van der Waals surface area (Å²) in [4.78, 5) is 17.0. The summed E-state index contributed by atoms with van der Waals surface area (Å²) in [7, 11) is 3.63. The third-order valence-corrected chi connectivity index (χ3v) is 2.46. The number of hydrogen-bond donors (Lipinski definition) is 1. The molecule has 1 aliphatic carbocycles. The van der Waals surface area contributed by atoms with Crippen molar-refractivity contribution in [3.8, 4) is 0 Å². The summed E-state index contributed by atoms with van der Waals surface area (Å²) < 4.78 is 0. The molecular weight excluding hydrogens is 180 g/mol. The molecule has 4 heteroatoms. The third-order valence-electron chi connectivity index (χ3n) is 2.46. The first kappa shape index (κ1) is 11.2. The molecule has 1 fully saturated rings. The Hall–Kier alpha value is -0.900. The smallest absolute Gasteiger partial charge is 0.252 e. The van der Waals surface area contributed by atoms with Gasteiger partial charge in [0.2, 0.25) is 0 Å². The third kappa shape index (κ3) is 3.10. The summed E-state index contributed by atoms with van der Waals surface area (Å²) in [5.74, 6) is -0.467. The van der Waals surface area contributed by atoms with Crippen LogP contribution in [0.5, 0.6) is 0 Å². The van der Waals surface area contributed by atoms with E-state index in [0.717, 1.165) is 25.7 Å². The summed E-state index contributed by atoms with van der Waals surface area (Å²) in [5, 5.41) is 9.60. The van der Waals surface area contributed by atoms with Crippen molar-refractivity contribution in [1.29, 1.82) is 0 Å². The van der Waals surface area contributed by atoms with Crippen LogP contribution in [0.4, 0.5) is 0 Å². The second-order valence-corrected chi connectivity index (χ2v) is 4.00. The van der Waals surface area contributed by atoms with Gasteiger partial charge < -0.3 is 10.0 Å². The van der Waals surface area contributed by atoms with Gasteiger partial charge in [0.1, 0.15) is 0 Å². The Balaban J connectivity index is 2.50. The van der Waals surface area contributed by atoms with Crippen molar-refractivity contribution in [3.05, 3.63) is 0 Å². The fraction of sp³-hybridized carbons (Fsp3) is 0.800. The molecule has 0 spiro atoms. The second kappa shape index (κ2) is 5.10. The Morgan fingerprint density at radius 2 is 2.07 bits per heavy atom. The van der Waals surface area contributed by atoms with Crippen LogP contribution < -0.4 is 0 Å². The molecule has 1 saturated carbocycles. The molecule has 1 aliphatic rings. The summed E-state index contributed by atoms with van der Waals surface area (Å²) in [6.45, 7) is 0. The molecule has 2 atom stereocenters. The Kier molecular flexibility index (Phi) is 4.07. The molecule has 0 saturated heterocycles. The fourth-order valence-corrected chi connectivity index (χ4v) is 1.67. The SMILES string of the molecule is CN(C)C=NC(=O)C1CCCCC1O. The summed E-state index contributed by atoms with van der Waals surface area (Å²) >= 11 is 0. The summed E-state index contributed by atoms with van der Waals surface area (Å²) in [6, 6.07) is 0. The molecule has 4 nitrogen and oxygen atoms in total. The Bertz CT molecular complexity index is 226. The molecule has 80 valence electrons. The molecule has 2 unspecified atom stereocenters. The number of hydrogen-bond acceptors (Lipinski definition) is 2. The van der Waals surface area contributed by atoms with E-state index >= 15 is 0 Å². The first-order chi connectivity index (χ1) is 6.61. The molecule has 1 rings (SSSR count). The zero-order chi connectivity index (χ0) is 10.6. The van der Waals surface area contributed by atoms with E-state index in [4.69, 9.17) is 0 Å². The molecule has 0 bridgehead atoms. The van der Waals surface area contributed by atoms with E-state index in [9.17, 15) is 9.90 Å². The number of aliphatic imine (C=N–C) groups is 1. The number of nitrogens with zero attached hydrogens (tertiary/aromatic N) is 2. The maximum atomic E-state index is 11.5. The van der Waals surface area contributed by atoms with Crippen LogP contribution in [-0.4, -0.2) is 42.5 Å². The quantitative estimate of drug-likeness (QED) is 0.523. The van der Waals surface area contributed by atoms with Crippen molar-refractivity contribution in [2.24, 2.45) is 10.9 Å². The largest absolute Gasteiger partial charge is 0.392 e. The van der Waals surface area contributed by atoms with Gasteiger partial charge in [-0.3, -0.25) is 4.79 Å². The van der Waals surface area contributed by atoms with Gasteiger partial charge in [0, 0.05) is 14.1 Å². The Morgan fingerprint density at radius 3 is 2.64 bits per heavy atom. The van der Waals surface area contributed by atoms with Crippen LogP contribution in [0.15, 0.2) is 4.99 Å². The van der Waals surface area contributed by atoms with Crippen molar-refractivity contribution in [1.82, 2.24) is 4.90 Å². The van der Waals surface area contributed by atoms with Crippen LogP contribution in [0.2, 0.25) is 0 Å². The molecule has 0 aromatic carbocycles. The number of rotatable bonds is 2. The van der Waals surface area contributed by atoms with Crippen LogP contribution >= 0.6 is 0 Å². The lowest BCUT2D eigenvalue weighted by molar-refractivity contribution is -0.126. The average Bonchev–Trinajstić information content (AvgIpc) is 2.15. The first-order valence-corrected chi connectivity index (χ1v) is 5.04. The van der Waals surface area contributed by atoms with Crippen LogP contribution in [0.3, 0.4) is 0 Å². The Labute approximate surface area is 84.6 Å². The number of aliphatic hydroxyl groups excluding tert-OH is 1. The topological polar surface area (TPSA) is 52.9 Å². The molecule has 1 amide bonds. The van der Waals surface area contributed by atoms with Crippen LogP contribution in [-0.2, 0) is 4.79 Å². The van der Waals surface area contributed by atoms with Crippen molar-refractivity contribution >= 4 is 12.2 Å². The van der Waals surface area contributed by atoms with Gasteiger partial charge in [-0.25, -0.2) is 4.99 Å². The van der Waals surface area contributed by atoms with Gasteiger partial charge in [0.15, 0.2) is 0 Å². The lowest BCUT2D eigenvalue weighted by atomic mass is 9.86. The first-order valence-electron chi connectivity index (χ1n) is 5.04. The molecule has 1 N–H and O–H groups in total. The minimum absolute atomic E-state index is 0.189. The highest BCUT2D eigenvalue weighted by molar-refractivity contribution is 5.86.